The fourth-order valence-electron chi connectivity index (χ4n) is 3.53. The lowest BCUT2D eigenvalue weighted by Crippen LogP contribution is -2.30. The zero-order valence-corrected chi connectivity index (χ0v) is 16.2. The minimum atomic E-state index is -0.401. The van der Waals surface area contributed by atoms with Crippen LogP contribution in [0.15, 0.2) is 54.9 Å². The zero-order valence-electron chi connectivity index (χ0n) is 16.2. The van der Waals surface area contributed by atoms with Crippen molar-refractivity contribution in [3.63, 3.8) is 0 Å². The lowest BCUT2D eigenvalue weighted by molar-refractivity contribution is 0.118. The number of hydrogen-bond acceptors (Lipinski definition) is 5. The summed E-state index contributed by atoms with van der Waals surface area (Å²) in [5.74, 6) is 2.54. The minimum absolute atomic E-state index is 0.277. The summed E-state index contributed by atoms with van der Waals surface area (Å²) in [6, 6.07) is 14.5. The first kappa shape index (κ1) is 18.5. The van der Waals surface area contributed by atoms with Crippen LogP contribution in [0.25, 0.3) is 5.69 Å². The number of hydrogen-bond donors (Lipinski definition) is 1. The van der Waals surface area contributed by atoms with Gasteiger partial charge in [-0.1, -0.05) is 18.2 Å². The number of aryl methyl sites for hydroxylation is 1. The Kier molecular flexibility index (Phi) is 5.32. The van der Waals surface area contributed by atoms with E-state index in [9.17, 15) is 5.11 Å². The van der Waals surface area contributed by atoms with Crippen molar-refractivity contribution >= 4 is 0 Å². The Morgan fingerprint density at radius 2 is 1.79 bits per heavy atom. The summed E-state index contributed by atoms with van der Waals surface area (Å²) in [6.45, 7) is 6.16. The van der Waals surface area contributed by atoms with Crippen LogP contribution < -0.4 is 9.47 Å². The molecule has 0 saturated carbocycles. The van der Waals surface area contributed by atoms with Crippen LogP contribution in [0, 0.1) is 6.92 Å². The van der Waals surface area contributed by atoms with E-state index >= 15 is 0 Å². The molecule has 1 aromatic heterocycles. The summed E-state index contributed by atoms with van der Waals surface area (Å²) >= 11 is 0. The second-order valence-corrected chi connectivity index (χ2v) is 7.22. The molecule has 3 aromatic rings. The lowest BCUT2D eigenvalue weighted by Gasteiger charge is -2.24. The first-order chi connectivity index (χ1) is 13.6. The molecule has 4 rings (SSSR count). The maximum atomic E-state index is 9.94. The van der Waals surface area contributed by atoms with Crippen molar-refractivity contribution in [3.8, 4) is 17.2 Å². The Morgan fingerprint density at radius 3 is 2.50 bits per heavy atom. The molecule has 1 aliphatic heterocycles. The summed E-state index contributed by atoms with van der Waals surface area (Å²) in [5.41, 5.74) is 3.43. The van der Waals surface area contributed by atoms with E-state index in [-0.39, 0.29) is 6.79 Å². The van der Waals surface area contributed by atoms with E-state index in [1.54, 1.807) is 6.20 Å². The van der Waals surface area contributed by atoms with Crippen molar-refractivity contribution in [1.29, 1.82) is 0 Å². The van der Waals surface area contributed by atoms with Gasteiger partial charge in [-0.25, -0.2) is 4.98 Å². The van der Waals surface area contributed by atoms with Gasteiger partial charge < -0.3 is 19.1 Å². The summed E-state index contributed by atoms with van der Waals surface area (Å²) in [5, 5.41) is 9.94. The van der Waals surface area contributed by atoms with E-state index in [1.165, 1.54) is 5.56 Å². The maximum Gasteiger partial charge on any atom is 0.231 e. The average Bonchev–Trinajstić information content (AvgIpc) is 3.30. The van der Waals surface area contributed by atoms with E-state index in [2.05, 4.69) is 38.7 Å². The highest BCUT2D eigenvalue weighted by Crippen LogP contribution is 2.33. The molecule has 28 heavy (non-hydrogen) atoms. The fraction of sp³-hybridized carbons (Fsp3) is 0.318. The Morgan fingerprint density at radius 1 is 1.07 bits per heavy atom. The third-order valence-corrected chi connectivity index (χ3v) is 4.81. The monoisotopic (exact) mass is 379 g/mol. The molecule has 146 valence electrons. The van der Waals surface area contributed by atoms with Gasteiger partial charge in [0.1, 0.15) is 5.82 Å². The van der Waals surface area contributed by atoms with E-state index in [4.69, 9.17) is 9.47 Å². The molecule has 0 bridgehead atoms. The number of aliphatic hydroxyl groups excluding tert-OH is 1. The van der Waals surface area contributed by atoms with E-state index in [1.807, 2.05) is 38.2 Å². The zero-order chi connectivity index (χ0) is 19.5. The van der Waals surface area contributed by atoms with Gasteiger partial charge in [-0.15, -0.1) is 0 Å². The highest BCUT2D eigenvalue weighted by molar-refractivity contribution is 5.44. The average molecular weight is 379 g/mol. The van der Waals surface area contributed by atoms with Gasteiger partial charge in [0.25, 0.3) is 0 Å². The van der Waals surface area contributed by atoms with Crippen LogP contribution in [-0.2, 0) is 13.1 Å². The van der Waals surface area contributed by atoms with Gasteiger partial charge in [0.2, 0.25) is 6.79 Å². The molecule has 6 heteroatoms. The maximum absolute atomic E-state index is 9.94. The Hall–Kier alpha value is -2.83. The number of nitrogens with zero attached hydrogens (tertiary/aromatic N) is 3. The molecule has 0 radical (unpaired) electrons. The highest BCUT2D eigenvalue weighted by Gasteiger charge is 2.16. The Balaban J connectivity index is 1.48. The summed E-state index contributed by atoms with van der Waals surface area (Å²) in [7, 11) is 0. The number of aliphatic hydroxyl groups is 1. The summed E-state index contributed by atoms with van der Waals surface area (Å²) in [4.78, 5) is 6.51. The molecule has 0 aliphatic carbocycles. The smallest absolute Gasteiger partial charge is 0.231 e. The molecule has 1 aliphatic rings. The fourth-order valence-corrected chi connectivity index (χ4v) is 3.53. The molecular weight excluding hydrogens is 354 g/mol. The number of benzene rings is 2. The third-order valence-electron chi connectivity index (χ3n) is 4.81. The predicted octanol–water partition coefficient (Wildman–Crippen LogP) is 3.29. The largest absolute Gasteiger partial charge is 0.454 e. The molecule has 0 amide bonds. The van der Waals surface area contributed by atoms with E-state index < -0.39 is 6.10 Å². The first-order valence-electron chi connectivity index (χ1n) is 9.47. The highest BCUT2D eigenvalue weighted by atomic mass is 16.7. The third kappa shape index (κ3) is 4.18. The van der Waals surface area contributed by atoms with Crippen molar-refractivity contribution in [2.75, 3.05) is 13.3 Å². The van der Waals surface area contributed by atoms with Gasteiger partial charge in [0.15, 0.2) is 11.5 Å². The topological polar surface area (TPSA) is 59.8 Å². The van der Waals surface area contributed by atoms with Gasteiger partial charge >= 0.3 is 0 Å². The Labute approximate surface area is 165 Å². The summed E-state index contributed by atoms with van der Waals surface area (Å²) < 4.78 is 12.9. The molecule has 2 heterocycles. The van der Waals surface area contributed by atoms with Crippen LogP contribution in [0.5, 0.6) is 11.5 Å². The molecule has 2 aromatic carbocycles. The van der Waals surface area contributed by atoms with Crippen molar-refractivity contribution in [2.24, 2.45) is 0 Å². The van der Waals surface area contributed by atoms with E-state index in [0.29, 0.717) is 6.54 Å². The van der Waals surface area contributed by atoms with Gasteiger partial charge in [-0.3, -0.25) is 4.90 Å². The molecule has 1 unspecified atom stereocenters. The van der Waals surface area contributed by atoms with Crippen LogP contribution in [0.1, 0.15) is 23.9 Å². The van der Waals surface area contributed by atoms with Crippen molar-refractivity contribution in [1.82, 2.24) is 14.5 Å². The van der Waals surface area contributed by atoms with Crippen LogP contribution in [-0.4, -0.2) is 39.0 Å². The second-order valence-electron chi connectivity index (χ2n) is 7.22. The first-order valence-corrected chi connectivity index (χ1v) is 9.47. The van der Waals surface area contributed by atoms with Crippen LogP contribution >= 0.6 is 0 Å². The van der Waals surface area contributed by atoms with Gasteiger partial charge in [-0.05, 0) is 49.2 Å². The molecule has 1 N–H and O–H groups in total. The summed E-state index contributed by atoms with van der Waals surface area (Å²) in [6.07, 6.45) is 3.37. The standard InChI is InChI=1S/C22H25N3O3/c1-16(26)12-24(14-19-5-8-21-22(11-19)28-15-27-21)13-18-3-6-20(7-4-18)25-10-9-23-17(25)2/h3-11,16,26H,12-15H2,1-2H3. The Bertz CT molecular complexity index is 934. The second kappa shape index (κ2) is 8.04. The van der Waals surface area contributed by atoms with Gasteiger partial charge in [0, 0.05) is 37.7 Å². The number of rotatable bonds is 7. The SMILES string of the molecule is Cc1nccn1-c1ccc(CN(Cc2ccc3c(c2)OCO3)CC(C)O)cc1. The normalized spacial score (nSPS) is 13.9. The van der Waals surface area contributed by atoms with Crippen molar-refractivity contribution in [2.45, 2.75) is 33.0 Å². The van der Waals surface area contributed by atoms with Gasteiger partial charge in [0.05, 0.1) is 6.10 Å². The molecule has 0 fully saturated rings. The van der Waals surface area contributed by atoms with Gasteiger partial charge in [-0.2, -0.15) is 0 Å². The quantitative estimate of drug-likeness (QED) is 0.683. The molecule has 0 saturated heterocycles. The van der Waals surface area contributed by atoms with E-state index in [0.717, 1.165) is 41.7 Å². The number of imidazole rings is 1. The molecular formula is C22H25N3O3. The molecule has 0 spiro atoms. The number of fused-ring (bicyclic) bond motifs is 1. The van der Waals surface area contributed by atoms with Crippen LogP contribution in [0.4, 0.5) is 0 Å². The van der Waals surface area contributed by atoms with Crippen LogP contribution in [0.2, 0.25) is 0 Å². The van der Waals surface area contributed by atoms with Crippen LogP contribution in [0.3, 0.4) is 0 Å². The number of aromatic nitrogens is 2. The predicted molar refractivity (Wildman–Crippen MR) is 107 cm³/mol. The molecule has 6 nitrogen and oxygen atoms in total. The lowest BCUT2D eigenvalue weighted by atomic mass is 10.1. The molecule has 1 atom stereocenters. The number of ether oxygens (including phenoxy) is 2. The van der Waals surface area contributed by atoms with Crippen molar-refractivity contribution < 1.29 is 14.6 Å². The minimum Gasteiger partial charge on any atom is -0.454 e. The van der Waals surface area contributed by atoms with Crippen molar-refractivity contribution in [3.05, 3.63) is 71.8 Å².